The Hall–Kier alpha value is -2.96. The van der Waals surface area contributed by atoms with Crippen LogP contribution in [0.2, 0.25) is 0 Å². The molecule has 0 fully saturated rings. The minimum atomic E-state index is -0.579. The first-order valence-electron chi connectivity index (χ1n) is 9.50. The van der Waals surface area contributed by atoms with Crippen molar-refractivity contribution in [3.63, 3.8) is 0 Å². The molecule has 11 nitrogen and oxygen atoms in total. The zero-order chi connectivity index (χ0) is 24.7. The topological polar surface area (TPSA) is 177 Å². The van der Waals surface area contributed by atoms with E-state index in [0.29, 0.717) is 17.7 Å². The summed E-state index contributed by atoms with van der Waals surface area (Å²) < 4.78 is 13.3. The van der Waals surface area contributed by atoms with Crippen molar-refractivity contribution in [2.24, 2.45) is 0 Å². The van der Waals surface area contributed by atoms with Crippen molar-refractivity contribution in [3.8, 4) is 0 Å². The Balaban J connectivity index is 0.000000418. The van der Waals surface area contributed by atoms with Crippen LogP contribution < -0.4 is 0 Å². The van der Waals surface area contributed by atoms with Crippen molar-refractivity contribution in [3.05, 3.63) is 47.5 Å². The Morgan fingerprint density at radius 1 is 0.781 bits per heavy atom. The predicted molar refractivity (Wildman–Crippen MR) is 109 cm³/mol. The number of hydrogen-bond donors (Lipinski definition) is 4. The summed E-state index contributed by atoms with van der Waals surface area (Å²) in [6.07, 6.45) is 0.999. The Morgan fingerprint density at radius 2 is 1.22 bits per heavy atom. The van der Waals surface area contributed by atoms with Crippen LogP contribution in [0.1, 0.15) is 41.5 Å². The van der Waals surface area contributed by atoms with E-state index in [1.54, 1.807) is 38.1 Å². The maximum Gasteiger partial charge on any atom is 0.346 e. The Kier molecular flexibility index (Phi) is 14.3. The largest absolute Gasteiger partial charge is 0.394 e. The Morgan fingerprint density at radius 3 is 1.50 bits per heavy atom. The quantitative estimate of drug-likeness (QED) is 0.339. The molecule has 0 aromatic heterocycles. The molecule has 2 aliphatic rings. The SMILES string of the molecule is CC(O)CO.CC(O)COC(C)CO.O=C1C=CC(=O)O1.O=C1OC(=O)c2ccccc21. The van der Waals surface area contributed by atoms with E-state index >= 15 is 0 Å². The minimum Gasteiger partial charge on any atom is -0.394 e. The van der Waals surface area contributed by atoms with Gasteiger partial charge in [-0.3, -0.25) is 0 Å². The number of aliphatic hydroxyl groups excluding tert-OH is 4. The Bertz CT molecular complexity index is 735. The number of cyclic esters (lactones) is 4. The van der Waals surface area contributed by atoms with Gasteiger partial charge >= 0.3 is 23.9 Å². The van der Waals surface area contributed by atoms with Gasteiger partial charge in [0.15, 0.2) is 0 Å². The number of ether oxygens (including phenoxy) is 3. The molecule has 0 saturated heterocycles. The minimum absolute atomic E-state index is 0.00667. The van der Waals surface area contributed by atoms with Gasteiger partial charge in [-0.2, -0.15) is 0 Å². The molecule has 4 N–H and O–H groups in total. The number of carbonyl (C=O) groups is 4. The monoisotopic (exact) mass is 456 g/mol. The first-order chi connectivity index (χ1) is 15.0. The van der Waals surface area contributed by atoms with Crippen LogP contribution in [0.4, 0.5) is 0 Å². The molecular weight excluding hydrogens is 428 g/mol. The highest BCUT2D eigenvalue weighted by Gasteiger charge is 2.28. The van der Waals surface area contributed by atoms with E-state index in [2.05, 4.69) is 9.47 Å². The van der Waals surface area contributed by atoms with Crippen molar-refractivity contribution in [1.29, 1.82) is 0 Å². The van der Waals surface area contributed by atoms with Crippen LogP contribution in [0.15, 0.2) is 36.4 Å². The third kappa shape index (κ3) is 12.7. The second kappa shape index (κ2) is 15.8. The van der Waals surface area contributed by atoms with Gasteiger partial charge in [0.05, 0.1) is 49.3 Å². The predicted octanol–water partition coefficient (Wildman–Crippen LogP) is -0.253. The highest BCUT2D eigenvalue weighted by Crippen LogP contribution is 2.18. The molecule has 3 unspecified atom stereocenters. The lowest BCUT2D eigenvalue weighted by atomic mass is 10.1. The number of carbonyl (C=O) groups excluding carboxylic acids is 4. The molecule has 0 spiro atoms. The number of hydrogen-bond acceptors (Lipinski definition) is 11. The van der Waals surface area contributed by atoms with Crippen LogP contribution in [0.5, 0.6) is 0 Å². The average molecular weight is 456 g/mol. The number of rotatable bonds is 5. The molecule has 32 heavy (non-hydrogen) atoms. The van der Waals surface area contributed by atoms with Gasteiger partial charge in [0.2, 0.25) is 0 Å². The Labute approximate surface area is 184 Å². The van der Waals surface area contributed by atoms with E-state index in [0.717, 1.165) is 12.2 Å². The summed E-state index contributed by atoms with van der Waals surface area (Å²) in [5.41, 5.74) is 0.718. The molecule has 3 atom stereocenters. The van der Waals surface area contributed by atoms with Gasteiger partial charge in [-0.25, -0.2) is 19.2 Å². The van der Waals surface area contributed by atoms with Crippen LogP contribution in [-0.2, 0) is 23.8 Å². The molecule has 178 valence electrons. The van der Waals surface area contributed by atoms with E-state index in [1.165, 1.54) is 6.92 Å². The van der Waals surface area contributed by atoms with E-state index in [-0.39, 0.29) is 19.3 Å². The van der Waals surface area contributed by atoms with Gasteiger partial charge in [0, 0.05) is 12.2 Å². The second-order valence-electron chi connectivity index (χ2n) is 6.50. The lowest BCUT2D eigenvalue weighted by molar-refractivity contribution is -0.150. The van der Waals surface area contributed by atoms with E-state index < -0.39 is 36.1 Å². The highest BCUT2D eigenvalue weighted by molar-refractivity contribution is 6.14. The third-order valence-corrected chi connectivity index (χ3v) is 3.25. The maximum absolute atomic E-state index is 10.8. The van der Waals surface area contributed by atoms with Crippen LogP contribution in [0.25, 0.3) is 0 Å². The molecule has 1 aromatic carbocycles. The molecule has 1 aromatic rings. The van der Waals surface area contributed by atoms with Gasteiger partial charge in [-0.1, -0.05) is 12.1 Å². The lowest BCUT2D eigenvalue weighted by Crippen LogP contribution is -2.19. The maximum atomic E-state index is 10.8. The van der Waals surface area contributed by atoms with Gasteiger partial charge in [-0.05, 0) is 32.9 Å². The standard InChI is InChI=1S/C8H4O3.C6H14O3.C4H2O3.C3H8O2/c9-7-5-3-1-2-4-6(5)8(10)11-7;1-5(8)4-9-6(2)3-7;5-3-1-2-4(6)7-3;1-3(5)2-4/h1-4H;5-8H,3-4H2,1-2H3;1-2H;3-5H,2H2,1H3. The third-order valence-electron chi connectivity index (χ3n) is 3.25. The molecule has 3 rings (SSSR count). The summed E-state index contributed by atoms with van der Waals surface area (Å²) in [6.45, 7) is 5.08. The van der Waals surface area contributed by atoms with E-state index in [9.17, 15) is 19.2 Å². The van der Waals surface area contributed by atoms with Crippen molar-refractivity contribution in [2.45, 2.75) is 39.1 Å². The van der Waals surface area contributed by atoms with Crippen molar-refractivity contribution in [2.75, 3.05) is 19.8 Å². The van der Waals surface area contributed by atoms with Crippen LogP contribution >= 0.6 is 0 Å². The number of fused-ring (bicyclic) bond motifs is 1. The number of esters is 4. The molecule has 0 bridgehead atoms. The van der Waals surface area contributed by atoms with Crippen molar-refractivity contribution >= 4 is 23.9 Å². The van der Waals surface area contributed by atoms with E-state index in [1.807, 2.05) is 0 Å². The van der Waals surface area contributed by atoms with Crippen molar-refractivity contribution in [1.82, 2.24) is 0 Å². The molecule has 0 amide bonds. The summed E-state index contributed by atoms with van der Waals surface area (Å²) in [4.78, 5) is 41.5. The fourth-order valence-electron chi connectivity index (χ4n) is 1.69. The number of aliphatic hydroxyl groups is 4. The molecule has 2 heterocycles. The van der Waals surface area contributed by atoms with Gasteiger partial charge in [0.1, 0.15) is 0 Å². The van der Waals surface area contributed by atoms with Crippen molar-refractivity contribution < 1.29 is 53.8 Å². The van der Waals surface area contributed by atoms with Crippen LogP contribution in [0.3, 0.4) is 0 Å². The van der Waals surface area contributed by atoms with Gasteiger partial charge in [0.25, 0.3) is 0 Å². The summed E-state index contributed by atoms with van der Waals surface area (Å²) >= 11 is 0. The normalized spacial score (nSPS) is 16.1. The summed E-state index contributed by atoms with van der Waals surface area (Å²) in [7, 11) is 0. The average Bonchev–Trinajstić information content (AvgIpc) is 3.28. The van der Waals surface area contributed by atoms with Gasteiger partial charge < -0.3 is 34.6 Å². The second-order valence-corrected chi connectivity index (χ2v) is 6.50. The van der Waals surface area contributed by atoms with Crippen LogP contribution in [0, 0.1) is 0 Å². The molecule has 11 heteroatoms. The lowest BCUT2D eigenvalue weighted by Gasteiger charge is -2.10. The van der Waals surface area contributed by atoms with Crippen LogP contribution in [-0.4, -0.2) is 82.4 Å². The zero-order valence-electron chi connectivity index (χ0n) is 18.0. The summed E-state index contributed by atoms with van der Waals surface area (Å²) in [5, 5.41) is 33.1. The van der Waals surface area contributed by atoms with Gasteiger partial charge in [-0.15, -0.1) is 0 Å². The molecular formula is C21H28O11. The number of benzene rings is 1. The molecule has 0 aliphatic carbocycles. The first-order valence-corrected chi connectivity index (χ1v) is 9.50. The smallest absolute Gasteiger partial charge is 0.346 e. The molecule has 0 radical (unpaired) electrons. The van der Waals surface area contributed by atoms with E-state index in [4.69, 9.17) is 25.2 Å². The summed E-state index contributed by atoms with van der Waals surface area (Å²) in [5.74, 6) is -2.26. The summed E-state index contributed by atoms with van der Waals surface area (Å²) in [6, 6.07) is 6.53. The fraction of sp³-hybridized carbons (Fsp3) is 0.429. The molecule has 2 aliphatic heterocycles. The molecule has 0 saturated carbocycles. The fourth-order valence-corrected chi connectivity index (χ4v) is 1.69. The first kappa shape index (κ1) is 29.0. The zero-order valence-corrected chi connectivity index (χ0v) is 18.0. The highest BCUT2D eigenvalue weighted by atomic mass is 16.6.